The molecular weight excluding hydrogens is 592 g/mol. The number of likely N-dealkylation sites (tertiary alicyclic amines) is 1. The largest absolute Gasteiger partial charge is 0.508 e. The van der Waals surface area contributed by atoms with Crippen LogP contribution in [-0.2, 0) is 11.2 Å². The molecule has 2 N–H and O–H groups in total. The van der Waals surface area contributed by atoms with Crippen molar-refractivity contribution >= 4 is 27.5 Å². The van der Waals surface area contributed by atoms with E-state index in [4.69, 9.17) is 14.5 Å². The lowest BCUT2D eigenvalue weighted by Crippen LogP contribution is -2.50. The molecular formula is C35H41F2N5O4. The average Bonchev–Trinajstić information content (AvgIpc) is 3.35. The molecule has 0 radical (unpaired) electrons. The molecule has 1 aliphatic carbocycles. The number of ether oxygens (including phenoxy) is 2. The SMILES string of the molecule is CCc1c(F)ccc2cc(O)cc(-c3ncc4c(N5CCOCC(CO)C5)nc(OC[C@]56CCC[C@H]5N(C)CCC6)nc4c3F)c12. The summed E-state index contributed by atoms with van der Waals surface area (Å²) in [6.45, 7) is 5.06. The van der Waals surface area contributed by atoms with Crippen LogP contribution >= 0.6 is 0 Å². The van der Waals surface area contributed by atoms with E-state index in [1.165, 1.54) is 18.3 Å². The van der Waals surface area contributed by atoms with Crippen molar-refractivity contribution in [3.05, 3.63) is 47.7 Å². The first kappa shape index (κ1) is 31.0. The molecule has 244 valence electrons. The van der Waals surface area contributed by atoms with Crippen molar-refractivity contribution in [2.75, 3.05) is 58.0 Å². The van der Waals surface area contributed by atoms with Gasteiger partial charge in [0.2, 0.25) is 0 Å². The Morgan fingerprint density at radius 3 is 2.80 bits per heavy atom. The zero-order valence-electron chi connectivity index (χ0n) is 26.4. The van der Waals surface area contributed by atoms with Crippen LogP contribution in [0.4, 0.5) is 14.6 Å². The number of aromatic hydroxyl groups is 1. The Morgan fingerprint density at radius 2 is 1.98 bits per heavy atom. The van der Waals surface area contributed by atoms with E-state index < -0.39 is 11.6 Å². The predicted octanol–water partition coefficient (Wildman–Crippen LogP) is 5.48. The zero-order valence-corrected chi connectivity index (χ0v) is 26.4. The molecule has 4 aromatic rings. The fourth-order valence-corrected chi connectivity index (χ4v) is 8.12. The summed E-state index contributed by atoms with van der Waals surface area (Å²) in [6, 6.07) is 6.41. The van der Waals surface area contributed by atoms with Gasteiger partial charge in [0.15, 0.2) is 5.82 Å². The van der Waals surface area contributed by atoms with E-state index in [2.05, 4.69) is 21.9 Å². The maximum atomic E-state index is 16.9. The third-order valence-corrected chi connectivity index (χ3v) is 10.4. The lowest BCUT2D eigenvalue weighted by Gasteiger charge is -2.44. The van der Waals surface area contributed by atoms with Crippen molar-refractivity contribution in [1.82, 2.24) is 19.9 Å². The van der Waals surface area contributed by atoms with E-state index >= 15 is 4.39 Å². The number of pyridine rings is 1. The van der Waals surface area contributed by atoms with Crippen molar-refractivity contribution in [3.8, 4) is 23.0 Å². The van der Waals surface area contributed by atoms with Gasteiger partial charge < -0.3 is 29.5 Å². The van der Waals surface area contributed by atoms with Gasteiger partial charge in [-0.25, -0.2) is 8.78 Å². The number of hydrogen-bond donors (Lipinski definition) is 2. The number of aliphatic hydroxyl groups is 1. The second-order valence-electron chi connectivity index (χ2n) is 13.2. The predicted molar refractivity (Wildman–Crippen MR) is 172 cm³/mol. The molecule has 2 aliphatic heterocycles. The lowest BCUT2D eigenvalue weighted by atomic mass is 9.76. The molecule has 0 spiro atoms. The molecule has 4 heterocycles. The number of aliphatic hydroxyl groups excluding tert-OH is 1. The molecule has 3 aliphatic rings. The van der Waals surface area contributed by atoms with Gasteiger partial charge in [-0.2, -0.15) is 9.97 Å². The molecule has 7 rings (SSSR count). The van der Waals surface area contributed by atoms with Crippen LogP contribution in [0.2, 0.25) is 0 Å². The summed E-state index contributed by atoms with van der Waals surface area (Å²) < 4.78 is 44.0. The molecule has 0 amide bonds. The Balaban J connectivity index is 1.37. The van der Waals surface area contributed by atoms with Gasteiger partial charge in [0.1, 0.15) is 28.6 Å². The number of rotatable bonds is 7. The third kappa shape index (κ3) is 5.42. The topological polar surface area (TPSA) is 104 Å². The average molecular weight is 634 g/mol. The van der Waals surface area contributed by atoms with Crippen molar-refractivity contribution < 1.29 is 28.5 Å². The molecule has 46 heavy (non-hydrogen) atoms. The standard InChI is InChI=1S/C35H41F2N5O4/c1-3-24-27(36)8-7-22-14-23(44)15-25(29(22)24)31-30(37)32-26(16-38-31)33(42-12-13-45-19-21(17-42)18-43)40-34(39-32)46-20-35-9-4-6-28(35)41(2)11-5-10-35/h7-8,14-16,21,28,43-44H,3-6,9-13,17-20H2,1-2H3/t21?,28-,35-/m1/s1. The number of benzene rings is 2. The van der Waals surface area contributed by atoms with Crippen molar-refractivity contribution in [1.29, 1.82) is 0 Å². The van der Waals surface area contributed by atoms with Crippen LogP contribution in [0.3, 0.4) is 0 Å². The normalized spacial score (nSPS) is 24.0. The number of nitrogens with zero attached hydrogens (tertiary/aromatic N) is 5. The molecule has 3 fully saturated rings. The maximum absolute atomic E-state index is 16.9. The summed E-state index contributed by atoms with van der Waals surface area (Å²) in [5.74, 6) is -0.867. The zero-order chi connectivity index (χ0) is 32.0. The monoisotopic (exact) mass is 633 g/mol. The summed E-state index contributed by atoms with van der Waals surface area (Å²) in [4.78, 5) is 18.5. The highest BCUT2D eigenvalue weighted by atomic mass is 19.1. The minimum absolute atomic E-state index is 0.00698. The van der Waals surface area contributed by atoms with E-state index in [0.29, 0.717) is 72.9 Å². The van der Waals surface area contributed by atoms with Gasteiger partial charge >= 0.3 is 6.01 Å². The van der Waals surface area contributed by atoms with Gasteiger partial charge in [-0.05, 0) is 80.2 Å². The van der Waals surface area contributed by atoms with E-state index in [1.807, 2.05) is 11.8 Å². The first-order valence-electron chi connectivity index (χ1n) is 16.4. The minimum atomic E-state index is -0.705. The number of phenols is 1. The van der Waals surface area contributed by atoms with Gasteiger partial charge in [-0.15, -0.1) is 0 Å². The van der Waals surface area contributed by atoms with Gasteiger partial charge in [0.25, 0.3) is 0 Å². The number of anilines is 1. The highest BCUT2D eigenvalue weighted by Gasteiger charge is 2.47. The van der Waals surface area contributed by atoms with E-state index in [9.17, 15) is 14.6 Å². The van der Waals surface area contributed by atoms with Crippen LogP contribution in [0.1, 0.15) is 44.6 Å². The summed E-state index contributed by atoms with van der Waals surface area (Å²) in [5, 5.41) is 22.1. The third-order valence-electron chi connectivity index (χ3n) is 10.4. The summed E-state index contributed by atoms with van der Waals surface area (Å²) in [6.07, 6.45) is 7.40. The van der Waals surface area contributed by atoms with E-state index in [0.717, 1.165) is 38.6 Å². The fourth-order valence-electron chi connectivity index (χ4n) is 8.12. The number of aromatic nitrogens is 3. The van der Waals surface area contributed by atoms with Gasteiger partial charge in [-0.3, -0.25) is 4.98 Å². The number of piperidine rings is 1. The Labute approximate surface area is 267 Å². The Morgan fingerprint density at radius 1 is 1.13 bits per heavy atom. The lowest BCUT2D eigenvalue weighted by molar-refractivity contribution is 0.0133. The molecule has 1 saturated carbocycles. The maximum Gasteiger partial charge on any atom is 0.319 e. The first-order valence-corrected chi connectivity index (χ1v) is 16.4. The van der Waals surface area contributed by atoms with Crippen LogP contribution < -0.4 is 9.64 Å². The van der Waals surface area contributed by atoms with Crippen molar-refractivity contribution in [3.63, 3.8) is 0 Å². The van der Waals surface area contributed by atoms with Crippen LogP contribution in [0.5, 0.6) is 11.8 Å². The smallest absolute Gasteiger partial charge is 0.319 e. The minimum Gasteiger partial charge on any atom is -0.508 e. The highest BCUT2D eigenvalue weighted by Crippen LogP contribution is 2.47. The number of aryl methyl sites for hydroxylation is 1. The molecule has 9 nitrogen and oxygen atoms in total. The summed E-state index contributed by atoms with van der Waals surface area (Å²) in [5.41, 5.74) is 0.689. The molecule has 11 heteroatoms. The molecule has 2 saturated heterocycles. The second kappa shape index (κ2) is 12.5. The number of hydrogen-bond acceptors (Lipinski definition) is 9. The fraction of sp³-hybridized carbons (Fsp3) is 0.514. The Kier molecular flexibility index (Phi) is 8.41. The highest BCUT2D eigenvalue weighted by molar-refractivity contribution is 6.01. The summed E-state index contributed by atoms with van der Waals surface area (Å²) in [7, 11) is 2.18. The number of fused-ring (bicyclic) bond motifs is 3. The second-order valence-corrected chi connectivity index (χ2v) is 13.2. The van der Waals surface area contributed by atoms with Crippen LogP contribution in [0, 0.1) is 23.0 Å². The molecule has 3 atom stereocenters. The summed E-state index contributed by atoms with van der Waals surface area (Å²) >= 11 is 0. The molecule has 2 aromatic carbocycles. The molecule has 0 bridgehead atoms. The van der Waals surface area contributed by atoms with Gasteiger partial charge in [0.05, 0.1) is 25.2 Å². The number of phenolic OH excluding ortho intramolecular Hbond substituents is 1. The quantitative estimate of drug-likeness (QED) is 0.274. The van der Waals surface area contributed by atoms with Crippen LogP contribution in [0.25, 0.3) is 32.9 Å². The van der Waals surface area contributed by atoms with Gasteiger partial charge in [-0.1, -0.05) is 19.4 Å². The van der Waals surface area contributed by atoms with Crippen molar-refractivity contribution in [2.24, 2.45) is 11.3 Å². The van der Waals surface area contributed by atoms with E-state index in [-0.39, 0.29) is 46.5 Å². The van der Waals surface area contributed by atoms with E-state index in [1.54, 1.807) is 12.1 Å². The van der Waals surface area contributed by atoms with Gasteiger partial charge in [0, 0.05) is 48.8 Å². The Hall–Kier alpha value is -3.67. The van der Waals surface area contributed by atoms with Crippen molar-refractivity contribution in [2.45, 2.75) is 51.5 Å². The Bertz CT molecular complexity index is 1770. The molecule has 2 aromatic heterocycles. The first-order chi connectivity index (χ1) is 22.3. The van der Waals surface area contributed by atoms with Crippen LogP contribution in [-0.4, -0.2) is 89.2 Å². The van der Waals surface area contributed by atoms with Crippen LogP contribution in [0.15, 0.2) is 30.5 Å². The molecule has 1 unspecified atom stereocenters. The number of halogens is 2.